The molecule has 0 amide bonds. The first-order valence-electron chi connectivity index (χ1n) is 5.22. The van der Waals surface area contributed by atoms with Crippen LogP contribution in [0.3, 0.4) is 0 Å². The van der Waals surface area contributed by atoms with Crippen molar-refractivity contribution in [2.24, 2.45) is 7.05 Å². The molecule has 0 bridgehead atoms. The highest BCUT2D eigenvalue weighted by Gasteiger charge is 2.22. The van der Waals surface area contributed by atoms with Crippen molar-refractivity contribution < 1.29 is 0 Å². The van der Waals surface area contributed by atoms with E-state index in [0.717, 1.165) is 24.5 Å². The monoisotopic (exact) mass is 440 g/mol. The zero-order chi connectivity index (χ0) is 13.3. The van der Waals surface area contributed by atoms with E-state index in [4.69, 9.17) is 11.6 Å². The Labute approximate surface area is 132 Å². The number of hydrogen-bond acceptors (Lipinski definition) is 3. The van der Waals surface area contributed by atoms with Gasteiger partial charge in [0.2, 0.25) is 0 Å². The number of nitrogens with one attached hydrogen (secondary N) is 1. The lowest BCUT2D eigenvalue weighted by Crippen LogP contribution is -2.22. The SMILES string of the molecule is CNC(c1cc(Cl)ccc1I)c1c(Br)nnn1C. The summed E-state index contributed by atoms with van der Waals surface area (Å²) in [7, 11) is 3.77. The summed E-state index contributed by atoms with van der Waals surface area (Å²) in [5.74, 6) is 0. The van der Waals surface area contributed by atoms with Gasteiger partial charge in [-0.25, -0.2) is 4.68 Å². The van der Waals surface area contributed by atoms with Gasteiger partial charge in [0.1, 0.15) is 0 Å². The average Bonchev–Trinajstić information content (AvgIpc) is 2.66. The van der Waals surface area contributed by atoms with E-state index in [1.807, 2.05) is 32.3 Å². The highest BCUT2D eigenvalue weighted by atomic mass is 127. The van der Waals surface area contributed by atoms with Crippen LogP contribution in [0.25, 0.3) is 0 Å². The molecule has 0 aliphatic heterocycles. The molecule has 1 heterocycles. The quantitative estimate of drug-likeness (QED) is 0.745. The van der Waals surface area contributed by atoms with Gasteiger partial charge in [-0.1, -0.05) is 16.8 Å². The van der Waals surface area contributed by atoms with Gasteiger partial charge in [0.15, 0.2) is 4.60 Å². The fourth-order valence-electron chi connectivity index (χ4n) is 1.82. The van der Waals surface area contributed by atoms with E-state index in [0.29, 0.717) is 0 Å². The smallest absolute Gasteiger partial charge is 0.153 e. The third-order valence-corrected chi connectivity index (χ3v) is 4.44. The molecule has 1 atom stereocenters. The van der Waals surface area contributed by atoms with Crippen molar-refractivity contribution in [2.45, 2.75) is 6.04 Å². The second kappa shape index (κ2) is 5.85. The van der Waals surface area contributed by atoms with Crippen LogP contribution in [0.15, 0.2) is 22.8 Å². The molecule has 0 fully saturated rings. The molecule has 7 heteroatoms. The number of rotatable bonds is 3. The fraction of sp³-hybridized carbons (Fsp3) is 0.273. The number of benzene rings is 1. The van der Waals surface area contributed by atoms with E-state index >= 15 is 0 Å². The third-order valence-electron chi connectivity index (χ3n) is 2.66. The molecule has 18 heavy (non-hydrogen) atoms. The lowest BCUT2D eigenvalue weighted by molar-refractivity contribution is 0.595. The van der Waals surface area contributed by atoms with Crippen LogP contribution in [0, 0.1) is 3.57 Å². The van der Waals surface area contributed by atoms with E-state index in [1.54, 1.807) is 4.68 Å². The van der Waals surface area contributed by atoms with Gasteiger partial charge < -0.3 is 5.32 Å². The van der Waals surface area contributed by atoms with Crippen LogP contribution >= 0.6 is 50.1 Å². The van der Waals surface area contributed by atoms with Crippen LogP contribution in [-0.4, -0.2) is 22.0 Å². The molecule has 1 aromatic heterocycles. The van der Waals surface area contributed by atoms with E-state index in [9.17, 15) is 0 Å². The zero-order valence-electron chi connectivity index (χ0n) is 9.78. The number of hydrogen-bond donors (Lipinski definition) is 1. The summed E-state index contributed by atoms with van der Waals surface area (Å²) in [6.45, 7) is 0. The molecule has 1 unspecified atom stereocenters. The lowest BCUT2D eigenvalue weighted by Gasteiger charge is -2.18. The fourth-order valence-corrected chi connectivity index (χ4v) is 3.20. The van der Waals surface area contributed by atoms with Crippen LogP contribution in [0.4, 0.5) is 0 Å². The molecule has 0 saturated heterocycles. The molecule has 2 rings (SSSR count). The first kappa shape index (κ1) is 14.2. The Morgan fingerprint density at radius 3 is 2.78 bits per heavy atom. The van der Waals surface area contributed by atoms with E-state index in [1.165, 1.54) is 0 Å². The summed E-state index contributed by atoms with van der Waals surface area (Å²) >= 11 is 11.8. The van der Waals surface area contributed by atoms with Crippen LogP contribution in [0.1, 0.15) is 17.3 Å². The second-order valence-electron chi connectivity index (χ2n) is 3.78. The molecule has 0 aliphatic rings. The van der Waals surface area contributed by atoms with Gasteiger partial charge in [-0.05, 0) is 69.3 Å². The van der Waals surface area contributed by atoms with Crippen molar-refractivity contribution in [3.05, 3.63) is 42.7 Å². The minimum absolute atomic E-state index is 0.00928. The first-order valence-corrected chi connectivity index (χ1v) is 7.47. The third kappa shape index (κ3) is 2.71. The van der Waals surface area contributed by atoms with Crippen molar-refractivity contribution >= 4 is 50.1 Å². The lowest BCUT2D eigenvalue weighted by atomic mass is 10.0. The van der Waals surface area contributed by atoms with E-state index in [2.05, 4.69) is 54.1 Å². The Morgan fingerprint density at radius 1 is 1.50 bits per heavy atom. The average molecular weight is 441 g/mol. The minimum atomic E-state index is -0.00928. The molecular weight excluding hydrogens is 430 g/mol. The maximum atomic E-state index is 6.08. The predicted octanol–water partition coefficient (Wildman–Crippen LogP) is 3.14. The summed E-state index contributed by atoms with van der Waals surface area (Å²) in [6, 6.07) is 5.84. The van der Waals surface area contributed by atoms with Gasteiger partial charge in [-0.3, -0.25) is 0 Å². The van der Waals surface area contributed by atoms with Gasteiger partial charge in [-0.15, -0.1) is 5.10 Å². The van der Waals surface area contributed by atoms with Crippen molar-refractivity contribution in [1.29, 1.82) is 0 Å². The largest absolute Gasteiger partial charge is 0.308 e. The minimum Gasteiger partial charge on any atom is -0.308 e. The molecule has 0 spiro atoms. The summed E-state index contributed by atoms with van der Waals surface area (Å²) in [5.41, 5.74) is 2.08. The zero-order valence-corrected chi connectivity index (χ0v) is 14.3. The number of aromatic nitrogens is 3. The van der Waals surface area contributed by atoms with E-state index < -0.39 is 0 Å². The van der Waals surface area contributed by atoms with Gasteiger partial charge in [0.05, 0.1) is 11.7 Å². The summed E-state index contributed by atoms with van der Waals surface area (Å²) in [4.78, 5) is 0. The summed E-state index contributed by atoms with van der Waals surface area (Å²) in [5, 5.41) is 12.0. The Bertz CT molecular complexity index is 553. The van der Waals surface area contributed by atoms with Crippen molar-refractivity contribution in [3.8, 4) is 0 Å². The maximum absolute atomic E-state index is 6.08. The van der Waals surface area contributed by atoms with Crippen LogP contribution in [-0.2, 0) is 7.05 Å². The number of halogens is 3. The highest BCUT2D eigenvalue weighted by molar-refractivity contribution is 14.1. The molecule has 1 N–H and O–H groups in total. The van der Waals surface area contributed by atoms with Crippen molar-refractivity contribution in [1.82, 2.24) is 20.3 Å². The molecule has 0 aliphatic carbocycles. The summed E-state index contributed by atoms with van der Waals surface area (Å²) < 4.78 is 3.63. The molecule has 4 nitrogen and oxygen atoms in total. The van der Waals surface area contributed by atoms with Crippen molar-refractivity contribution in [3.63, 3.8) is 0 Å². The standard InChI is InChI=1S/C11H11BrClIN4/c1-15-9(10-11(12)16-17-18(10)2)7-5-6(13)3-4-8(7)14/h3-5,9,15H,1-2H3. The maximum Gasteiger partial charge on any atom is 0.153 e. The second-order valence-corrected chi connectivity index (χ2v) is 6.13. The molecule has 1 aromatic carbocycles. The first-order chi connectivity index (χ1) is 8.54. The van der Waals surface area contributed by atoms with Crippen LogP contribution < -0.4 is 5.32 Å². The van der Waals surface area contributed by atoms with Gasteiger partial charge in [-0.2, -0.15) is 0 Å². The number of aryl methyl sites for hydroxylation is 1. The van der Waals surface area contributed by atoms with Gasteiger partial charge >= 0.3 is 0 Å². The van der Waals surface area contributed by atoms with Gasteiger partial charge in [0, 0.05) is 15.6 Å². The predicted molar refractivity (Wildman–Crippen MR) is 83.8 cm³/mol. The molecule has 2 aromatic rings. The summed E-state index contributed by atoms with van der Waals surface area (Å²) in [6.07, 6.45) is 0. The Morgan fingerprint density at radius 2 is 2.22 bits per heavy atom. The molecular formula is C11H11BrClIN4. The van der Waals surface area contributed by atoms with Crippen molar-refractivity contribution in [2.75, 3.05) is 7.05 Å². The number of nitrogens with zero attached hydrogens (tertiary/aromatic N) is 3. The highest BCUT2D eigenvalue weighted by Crippen LogP contribution is 2.31. The van der Waals surface area contributed by atoms with Crippen LogP contribution in [0.2, 0.25) is 5.02 Å². The molecule has 96 valence electrons. The molecule has 0 saturated carbocycles. The molecule has 0 radical (unpaired) electrons. The Hall–Kier alpha value is -0.180. The Kier molecular flexibility index (Phi) is 4.63. The van der Waals surface area contributed by atoms with Gasteiger partial charge in [0.25, 0.3) is 0 Å². The Balaban J connectivity index is 2.55. The topological polar surface area (TPSA) is 42.7 Å². The van der Waals surface area contributed by atoms with Crippen LogP contribution in [0.5, 0.6) is 0 Å². The normalized spacial score (nSPS) is 12.7. The van der Waals surface area contributed by atoms with E-state index in [-0.39, 0.29) is 6.04 Å².